The normalized spacial score (nSPS) is 26.5. The highest BCUT2D eigenvalue weighted by Crippen LogP contribution is 2.44. The van der Waals surface area contributed by atoms with E-state index in [1.807, 2.05) is 19.1 Å². The number of aryl methyl sites for hydroxylation is 1. The number of rotatable bonds is 4. The number of hydrogen-bond acceptors (Lipinski definition) is 2. The topological polar surface area (TPSA) is 38.3 Å². The number of nitrogens with one attached hydrogen (secondary N) is 1. The Morgan fingerprint density at radius 3 is 2.59 bits per heavy atom. The molecule has 0 radical (unpaired) electrons. The first-order valence-corrected chi connectivity index (χ1v) is 8.49. The van der Waals surface area contributed by atoms with Crippen molar-refractivity contribution in [2.75, 3.05) is 7.11 Å². The van der Waals surface area contributed by atoms with Gasteiger partial charge in [-0.15, -0.1) is 0 Å². The SMILES string of the molecule is COc1cc(C)c(C(=O)N[C@@H]2C[C@H]3CC[C@H]2C3)cc1C(C)C. The van der Waals surface area contributed by atoms with Gasteiger partial charge >= 0.3 is 0 Å². The maximum Gasteiger partial charge on any atom is 0.251 e. The number of fused-ring (bicyclic) bond motifs is 2. The lowest BCUT2D eigenvalue weighted by molar-refractivity contribution is 0.0922. The van der Waals surface area contributed by atoms with Gasteiger partial charge in [0.2, 0.25) is 0 Å². The van der Waals surface area contributed by atoms with Crippen molar-refractivity contribution in [2.45, 2.75) is 58.4 Å². The molecule has 0 heterocycles. The van der Waals surface area contributed by atoms with Crippen LogP contribution in [0.4, 0.5) is 0 Å². The minimum Gasteiger partial charge on any atom is -0.496 e. The molecule has 2 saturated carbocycles. The van der Waals surface area contributed by atoms with Crippen LogP contribution in [0.5, 0.6) is 5.75 Å². The lowest BCUT2D eigenvalue weighted by Gasteiger charge is -2.24. The second kappa shape index (κ2) is 5.94. The van der Waals surface area contributed by atoms with E-state index in [4.69, 9.17) is 4.74 Å². The van der Waals surface area contributed by atoms with Gasteiger partial charge < -0.3 is 10.1 Å². The predicted molar refractivity (Wildman–Crippen MR) is 88.5 cm³/mol. The highest BCUT2D eigenvalue weighted by Gasteiger charge is 2.40. The summed E-state index contributed by atoms with van der Waals surface area (Å²) in [4.78, 5) is 12.7. The van der Waals surface area contributed by atoms with Gasteiger partial charge in [-0.3, -0.25) is 4.79 Å². The van der Waals surface area contributed by atoms with Gasteiger partial charge in [-0.05, 0) is 67.2 Å². The number of methoxy groups -OCH3 is 1. The second-order valence-corrected chi connectivity index (χ2v) is 7.32. The van der Waals surface area contributed by atoms with Gasteiger partial charge in [0, 0.05) is 11.6 Å². The molecule has 1 aromatic carbocycles. The van der Waals surface area contributed by atoms with Crippen molar-refractivity contribution < 1.29 is 9.53 Å². The summed E-state index contributed by atoms with van der Waals surface area (Å²) in [6.07, 6.45) is 5.12. The molecule has 0 spiro atoms. The van der Waals surface area contributed by atoms with E-state index in [-0.39, 0.29) is 5.91 Å². The average Bonchev–Trinajstić information content (AvgIpc) is 3.08. The number of benzene rings is 1. The van der Waals surface area contributed by atoms with Crippen LogP contribution in [0.15, 0.2) is 12.1 Å². The van der Waals surface area contributed by atoms with Gasteiger partial charge in [0.1, 0.15) is 5.75 Å². The molecule has 0 saturated heterocycles. The Bertz CT molecular complexity index is 579. The van der Waals surface area contributed by atoms with Crippen LogP contribution in [0.25, 0.3) is 0 Å². The highest BCUT2D eigenvalue weighted by atomic mass is 16.5. The van der Waals surface area contributed by atoms with Crippen molar-refractivity contribution in [3.8, 4) is 5.75 Å². The molecule has 3 rings (SSSR count). The first-order valence-electron chi connectivity index (χ1n) is 8.49. The zero-order valence-corrected chi connectivity index (χ0v) is 14.1. The zero-order chi connectivity index (χ0) is 15.9. The maximum absolute atomic E-state index is 12.7. The first-order chi connectivity index (χ1) is 10.5. The van der Waals surface area contributed by atoms with E-state index in [0.717, 1.165) is 28.4 Å². The summed E-state index contributed by atoms with van der Waals surface area (Å²) in [6, 6.07) is 4.39. The molecule has 1 N–H and O–H groups in total. The van der Waals surface area contributed by atoms with E-state index in [1.165, 1.54) is 25.7 Å². The third-order valence-electron chi connectivity index (χ3n) is 5.50. The maximum atomic E-state index is 12.7. The summed E-state index contributed by atoms with van der Waals surface area (Å²) in [6.45, 7) is 6.25. The molecule has 2 bridgehead atoms. The van der Waals surface area contributed by atoms with Crippen molar-refractivity contribution in [1.29, 1.82) is 0 Å². The summed E-state index contributed by atoms with van der Waals surface area (Å²) in [5.74, 6) is 2.85. The minimum absolute atomic E-state index is 0.0830. The Balaban J connectivity index is 1.81. The monoisotopic (exact) mass is 301 g/mol. The molecule has 2 aliphatic carbocycles. The van der Waals surface area contributed by atoms with Crippen LogP contribution in [-0.4, -0.2) is 19.1 Å². The molecule has 22 heavy (non-hydrogen) atoms. The van der Waals surface area contributed by atoms with Crippen LogP contribution in [-0.2, 0) is 0 Å². The van der Waals surface area contributed by atoms with Crippen LogP contribution < -0.4 is 10.1 Å². The quantitative estimate of drug-likeness (QED) is 0.911. The van der Waals surface area contributed by atoms with Gasteiger partial charge in [0.15, 0.2) is 0 Å². The average molecular weight is 301 g/mol. The van der Waals surface area contributed by atoms with Crippen LogP contribution in [0.2, 0.25) is 0 Å². The standard InChI is InChI=1S/C19H27NO2/c1-11(2)15-10-16(12(3)7-18(15)22-4)19(21)20-17-9-13-5-6-14(17)8-13/h7,10-11,13-14,17H,5-6,8-9H2,1-4H3,(H,20,21)/t13-,14-,17+/m0/s1. The van der Waals surface area contributed by atoms with Crippen molar-refractivity contribution in [3.05, 3.63) is 28.8 Å². The van der Waals surface area contributed by atoms with Crippen LogP contribution in [0.3, 0.4) is 0 Å². The Kier molecular flexibility index (Phi) is 4.16. The Morgan fingerprint density at radius 1 is 1.27 bits per heavy atom. The van der Waals surface area contributed by atoms with E-state index >= 15 is 0 Å². The summed E-state index contributed by atoms with van der Waals surface area (Å²) in [5.41, 5.74) is 2.89. The van der Waals surface area contributed by atoms with Crippen LogP contribution in [0.1, 0.15) is 66.9 Å². The molecular formula is C19H27NO2. The summed E-state index contributed by atoms with van der Waals surface area (Å²) in [7, 11) is 1.69. The molecule has 1 amide bonds. The number of hydrogen-bond donors (Lipinski definition) is 1. The molecule has 1 aromatic rings. The number of ether oxygens (including phenoxy) is 1. The third kappa shape index (κ3) is 2.73. The molecule has 2 fully saturated rings. The fourth-order valence-electron chi connectivity index (χ4n) is 4.24. The minimum atomic E-state index is 0.0830. The summed E-state index contributed by atoms with van der Waals surface area (Å²) in [5, 5.41) is 3.29. The van der Waals surface area contributed by atoms with Gasteiger partial charge in [0.05, 0.1) is 7.11 Å². The summed E-state index contributed by atoms with van der Waals surface area (Å²) < 4.78 is 5.46. The number of carbonyl (C=O) groups is 1. The molecule has 3 heteroatoms. The number of amides is 1. The Labute approximate surface area is 133 Å². The van der Waals surface area contributed by atoms with Crippen molar-refractivity contribution in [2.24, 2.45) is 11.8 Å². The largest absolute Gasteiger partial charge is 0.496 e. The summed E-state index contributed by atoms with van der Waals surface area (Å²) >= 11 is 0. The lowest BCUT2D eigenvalue weighted by atomic mass is 9.93. The van der Waals surface area contributed by atoms with Gasteiger partial charge in [0.25, 0.3) is 5.91 Å². The van der Waals surface area contributed by atoms with Crippen LogP contribution in [0, 0.1) is 18.8 Å². The molecular weight excluding hydrogens is 274 g/mol. The van der Waals surface area contributed by atoms with E-state index in [9.17, 15) is 4.79 Å². The number of carbonyl (C=O) groups excluding carboxylic acids is 1. The fourth-order valence-corrected chi connectivity index (χ4v) is 4.24. The molecule has 3 nitrogen and oxygen atoms in total. The lowest BCUT2D eigenvalue weighted by Crippen LogP contribution is -2.38. The molecule has 120 valence electrons. The molecule has 0 aliphatic heterocycles. The Hall–Kier alpha value is -1.51. The first kappa shape index (κ1) is 15.4. The van der Waals surface area contributed by atoms with E-state index < -0.39 is 0 Å². The van der Waals surface area contributed by atoms with Crippen LogP contribution >= 0.6 is 0 Å². The predicted octanol–water partition coefficient (Wildman–Crippen LogP) is 4.05. The smallest absolute Gasteiger partial charge is 0.251 e. The van der Waals surface area contributed by atoms with Gasteiger partial charge in [-0.2, -0.15) is 0 Å². The van der Waals surface area contributed by atoms with Crippen molar-refractivity contribution in [3.63, 3.8) is 0 Å². The zero-order valence-electron chi connectivity index (χ0n) is 14.1. The third-order valence-corrected chi connectivity index (χ3v) is 5.50. The van der Waals surface area contributed by atoms with Gasteiger partial charge in [-0.25, -0.2) is 0 Å². The van der Waals surface area contributed by atoms with Gasteiger partial charge in [-0.1, -0.05) is 20.3 Å². The van der Waals surface area contributed by atoms with E-state index in [1.54, 1.807) is 7.11 Å². The molecule has 0 unspecified atom stereocenters. The molecule has 3 atom stereocenters. The second-order valence-electron chi connectivity index (χ2n) is 7.32. The van der Waals surface area contributed by atoms with E-state index in [2.05, 4.69) is 19.2 Å². The Morgan fingerprint density at radius 2 is 2.05 bits per heavy atom. The fraction of sp³-hybridized carbons (Fsp3) is 0.632. The van der Waals surface area contributed by atoms with Crippen molar-refractivity contribution in [1.82, 2.24) is 5.32 Å². The van der Waals surface area contributed by atoms with Crippen molar-refractivity contribution >= 4 is 5.91 Å². The highest BCUT2D eigenvalue weighted by molar-refractivity contribution is 5.96. The molecule has 2 aliphatic rings. The molecule has 0 aromatic heterocycles. The van der Waals surface area contributed by atoms with E-state index in [0.29, 0.717) is 17.9 Å².